The molecule has 1 aliphatic rings. The van der Waals surface area contributed by atoms with Crippen LogP contribution in [0.25, 0.3) is 10.9 Å². The van der Waals surface area contributed by atoms with Crippen LogP contribution in [0.1, 0.15) is 26.2 Å². The largest absolute Gasteiger partial charge is 0.466 e. The molecule has 8 heteroatoms. The number of aromatic amines is 1. The highest BCUT2D eigenvalue weighted by Crippen LogP contribution is 2.19. The molecule has 2 aromatic rings. The molecule has 0 aliphatic carbocycles. The van der Waals surface area contributed by atoms with Crippen LogP contribution < -0.4 is 5.56 Å². The van der Waals surface area contributed by atoms with Crippen molar-refractivity contribution in [3.05, 3.63) is 39.4 Å². The summed E-state index contributed by atoms with van der Waals surface area (Å²) in [6.07, 6.45) is 1.66. The van der Waals surface area contributed by atoms with Gasteiger partial charge in [-0.15, -0.1) is 0 Å². The number of piperidine rings is 1. The Hall–Kier alpha value is -2.48. The molecule has 1 amide bonds. The lowest BCUT2D eigenvalue weighted by Gasteiger charge is -2.31. The number of rotatable bonds is 5. The summed E-state index contributed by atoms with van der Waals surface area (Å²) in [6, 6.07) is 7.15. The molecule has 0 radical (unpaired) electrons. The number of carbonyl (C=O) groups excluding carboxylic acids is 2. The number of ether oxygens (including phenoxy) is 1. The van der Waals surface area contributed by atoms with Crippen LogP contribution in [0.15, 0.2) is 29.1 Å². The maximum atomic E-state index is 12.6. The summed E-state index contributed by atoms with van der Waals surface area (Å²) in [6.45, 7) is 3.31. The van der Waals surface area contributed by atoms with Crippen LogP contribution in [0.5, 0.6) is 0 Å². The van der Waals surface area contributed by atoms with E-state index in [1.807, 2.05) is 6.07 Å². The van der Waals surface area contributed by atoms with Gasteiger partial charge in [0.05, 0.1) is 23.4 Å². The second-order valence-corrected chi connectivity index (χ2v) is 7.00. The Bertz CT molecular complexity index is 965. The second kappa shape index (κ2) is 8.47. The normalized spacial score (nSPS) is 17.1. The van der Waals surface area contributed by atoms with E-state index in [0.29, 0.717) is 35.4 Å². The number of hydrogen-bond acceptors (Lipinski definition) is 5. The van der Waals surface area contributed by atoms with E-state index in [1.165, 1.54) is 4.57 Å². The first-order valence-corrected chi connectivity index (χ1v) is 9.58. The van der Waals surface area contributed by atoms with Gasteiger partial charge in [-0.1, -0.05) is 12.1 Å². The molecule has 1 unspecified atom stereocenters. The van der Waals surface area contributed by atoms with E-state index in [-0.39, 0.29) is 36.3 Å². The molecule has 3 rings (SSSR count). The summed E-state index contributed by atoms with van der Waals surface area (Å²) >= 11 is 5.28. The minimum absolute atomic E-state index is 0.0848. The molecular formula is C19H23N3O4S. The lowest BCUT2D eigenvalue weighted by atomic mass is 9.98. The van der Waals surface area contributed by atoms with Gasteiger partial charge in [0.15, 0.2) is 4.77 Å². The monoisotopic (exact) mass is 389 g/mol. The molecule has 1 aromatic heterocycles. The van der Waals surface area contributed by atoms with Gasteiger partial charge in [0.2, 0.25) is 5.91 Å². The Morgan fingerprint density at radius 2 is 2.11 bits per heavy atom. The quantitative estimate of drug-likeness (QED) is 0.626. The second-order valence-electron chi connectivity index (χ2n) is 6.61. The van der Waals surface area contributed by atoms with E-state index < -0.39 is 0 Å². The number of likely N-dealkylation sites (tertiary alicyclic amines) is 1. The highest BCUT2D eigenvalue weighted by molar-refractivity contribution is 7.71. The van der Waals surface area contributed by atoms with Crippen molar-refractivity contribution in [3.8, 4) is 0 Å². The Kier molecular flexibility index (Phi) is 6.05. The molecule has 1 saturated heterocycles. The molecule has 1 atom stereocenters. The summed E-state index contributed by atoms with van der Waals surface area (Å²) in [4.78, 5) is 41.9. The zero-order chi connectivity index (χ0) is 19.4. The molecule has 144 valence electrons. The van der Waals surface area contributed by atoms with Crippen LogP contribution >= 0.6 is 12.2 Å². The van der Waals surface area contributed by atoms with Crippen molar-refractivity contribution in [2.75, 3.05) is 19.7 Å². The standard InChI is InChI=1S/C19H23N3O4S/c1-2-26-18(25)13-6-5-10-21(12-13)16(23)9-11-22-17(24)14-7-3-4-8-15(14)20-19(22)27/h3-4,7-8,13H,2,5-6,9-12H2,1H3,(H,20,27). The Morgan fingerprint density at radius 1 is 1.33 bits per heavy atom. The number of para-hydroxylation sites is 1. The highest BCUT2D eigenvalue weighted by Gasteiger charge is 2.29. The minimum Gasteiger partial charge on any atom is -0.466 e. The van der Waals surface area contributed by atoms with Crippen molar-refractivity contribution in [3.63, 3.8) is 0 Å². The van der Waals surface area contributed by atoms with Crippen molar-refractivity contribution in [2.24, 2.45) is 5.92 Å². The van der Waals surface area contributed by atoms with Gasteiger partial charge in [0, 0.05) is 26.1 Å². The van der Waals surface area contributed by atoms with Gasteiger partial charge >= 0.3 is 5.97 Å². The summed E-state index contributed by atoms with van der Waals surface area (Å²) in [5.41, 5.74) is 0.480. The predicted octanol–water partition coefficient (Wildman–Crippen LogP) is 2.25. The molecule has 1 aliphatic heterocycles. The summed E-state index contributed by atoms with van der Waals surface area (Å²) in [7, 11) is 0. The number of hydrogen-bond donors (Lipinski definition) is 1. The van der Waals surface area contributed by atoms with E-state index in [2.05, 4.69) is 4.98 Å². The fourth-order valence-electron chi connectivity index (χ4n) is 3.42. The maximum Gasteiger partial charge on any atom is 0.310 e. The molecule has 2 heterocycles. The molecule has 1 fully saturated rings. The molecule has 27 heavy (non-hydrogen) atoms. The summed E-state index contributed by atoms with van der Waals surface area (Å²) in [5, 5.41) is 0.541. The summed E-state index contributed by atoms with van der Waals surface area (Å²) in [5.74, 6) is -0.601. The maximum absolute atomic E-state index is 12.6. The van der Waals surface area contributed by atoms with Crippen LogP contribution in [0, 0.1) is 10.7 Å². The Morgan fingerprint density at radius 3 is 2.89 bits per heavy atom. The zero-order valence-corrected chi connectivity index (χ0v) is 16.1. The molecule has 1 N–H and O–H groups in total. The fraction of sp³-hybridized carbons (Fsp3) is 0.474. The van der Waals surface area contributed by atoms with Crippen molar-refractivity contribution in [2.45, 2.75) is 32.7 Å². The average Bonchev–Trinajstić information content (AvgIpc) is 2.68. The third kappa shape index (κ3) is 4.27. The van der Waals surface area contributed by atoms with E-state index in [9.17, 15) is 14.4 Å². The van der Waals surface area contributed by atoms with Crippen molar-refractivity contribution >= 4 is 35.0 Å². The van der Waals surface area contributed by atoms with Crippen LogP contribution in [0.4, 0.5) is 0 Å². The first-order valence-electron chi connectivity index (χ1n) is 9.17. The minimum atomic E-state index is -0.270. The average molecular weight is 389 g/mol. The lowest BCUT2D eigenvalue weighted by molar-refractivity contribution is -0.151. The van der Waals surface area contributed by atoms with E-state index >= 15 is 0 Å². The number of amides is 1. The number of H-pyrrole nitrogens is 1. The van der Waals surface area contributed by atoms with Crippen molar-refractivity contribution < 1.29 is 14.3 Å². The predicted molar refractivity (Wildman–Crippen MR) is 104 cm³/mol. The number of aromatic nitrogens is 2. The number of esters is 1. The first-order chi connectivity index (χ1) is 13.0. The number of nitrogens with zero attached hydrogens (tertiary/aromatic N) is 2. The van der Waals surface area contributed by atoms with Gasteiger partial charge in [-0.05, 0) is 44.1 Å². The smallest absolute Gasteiger partial charge is 0.310 e. The summed E-state index contributed by atoms with van der Waals surface area (Å²) < 4.78 is 6.79. The zero-order valence-electron chi connectivity index (χ0n) is 15.3. The molecule has 1 aromatic carbocycles. The SMILES string of the molecule is CCOC(=O)C1CCCN(C(=O)CCn2c(=S)[nH]c3ccccc3c2=O)C1. The Labute approximate surface area is 161 Å². The first kappa shape index (κ1) is 19.3. The molecular weight excluding hydrogens is 366 g/mol. The lowest BCUT2D eigenvalue weighted by Crippen LogP contribution is -2.43. The van der Waals surface area contributed by atoms with Gasteiger partial charge in [-0.25, -0.2) is 0 Å². The van der Waals surface area contributed by atoms with Gasteiger partial charge in [-0.2, -0.15) is 0 Å². The third-order valence-electron chi connectivity index (χ3n) is 4.83. The van der Waals surface area contributed by atoms with Gasteiger partial charge in [0.1, 0.15) is 0 Å². The van der Waals surface area contributed by atoms with E-state index in [0.717, 1.165) is 12.8 Å². The van der Waals surface area contributed by atoms with Gasteiger partial charge in [0.25, 0.3) is 5.56 Å². The molecule has 0 bridgehead atoms. The topological polar surface area (TPSA) is 84.4 Å². The molecule has 7 nitrogen and oxygen atoms in total. The van der Waals surface area contributed by atoms with Crippen LogP contribution in [-0.4, -0.2) is 46.0 Å². The van der Waals surface area contributed by atoms with Crippen LogP contribution in [-0.2, 0) is 20.9 Å². The van der Waals surface area contributed by atoms with Gasteiger partial charge < -0.3 is 14.6 Å². The van der Waals surface area contributed by atoms with Crippen molar-refractivity contribution in [1.82, 2.24) is 14.5 Å². The number of benzene rings is 1. The Balaban J connectivity index is 1.69. The molecule has 0 saturated carbocycles. The van der Waals surface area contributed by atoms with E-state index in [1.54, 1.807) is 30.0 Å². The fourth-order valence-corrected chi connectivity index (χ4v) is 3.71. The number of fused-ring (bicyclic) bond motifs is 1. The van der Waals surface area contributed by atoms with Gasteiger partial charge in [-0.3, -0.25) is 19.0 Å². The van der Waals surface area contributed by atoms with Crippen LogP contribution in [0.2, 0.25) is 0 Å². The number of carbonyl (C=O) groups is 2. The van der Waals surface area contributed by atoms with E-state index in [4.69, 9.17) is 17.0 Å². The number of nitrogens with one attached hydrogen (secondary N) is 1. The molecule has 0 spiro atoms. The third-order valence-corrected chi connectivity index (χ3v) is 5.16. The van der Waals surface area contributed by atoms with Crippen LogP contribution in [0.3, 0.4) is 0 Å². The highest BCUT2D eigenvalue weighted by atomic mass is 32.1. The van der Waals surface area contributed by atoms with Crippen molar-refractivity contribution in [1.29, 1.82) is 0 Å².